The highest BCUT2D eigenvalue weighted by atomic mass is 16.5. The molecule has 27 heavy (non-hydrogen) atoms. The molecule has 1 unspecified atom stereocenters. The van der Waals surface area contributed by atoms with Gasteiger partial charge in [0.2, 0.25) is 0 Å². The molecule has 0 saturated carbocycles. The molecule has 2 aromatic heterocycles. The van der Waals surface area contributed by atoms with Crippen LogP contribution in [0.2, 0.25) is 0 Å². The van der Waals surface area contributed by atoms with E-state index in [1.54, 1.807) is 19.6 Å². The Hall–Kier alpha value is -2.89. The third-order valence-electron chi connectivity index (χ3n) is 4.69. The van der Waals surface area contributed by atoms with Crippen molar-refractivity contribution in [3.05, 3.63) is 54.2 Å². The van der Waals surface area contributed by atoms with Crippen LogP contribution in [0.4, 0.5) is 0 Å². The summed E-state index contributed by atoms with van der Waals surface area (Å²) in [4.78, 5) is 21.8. The van der Waals surface area contributed by atoms with Crippen LogP contribution < -0.4 is 10.1 Å². The normalized spacial score (nSPS) is 12.8. The quantitative estimate of drug-likeness (QED) is 0.749. The minimum Gasteiger partial charge on any atom is -0.497 e. The van der Waals surface area contributed by atoms with Gasteiger partial charge in [-0.2, -0.15) is 0 Å². The maximum Gasteiger partial charge on any atom is 0.252 e. The first-order valence-corrected chi connectivity index (χ1v) is 9.00. The first-order valence-electron chi connectivity index (χ1n) is 9.00. The Bertz CT molecular complexity index is 943. The molecule has 0 aliphatic heterocycles. The van der Waals surface area contributed by atoms with E-state index in [-0.39, 0.29) is 17.4 Å². The van der Waals surface area contributed by atoms with E-state index in [1.165, 1.54) is 0 Å². The Morgan fingerprint density at radius 2 is 2.07 bits per heavy atom. The number of amides is 1. The molecule has 3 aromatic rings. The van der Waals surface area contributed by atoms with E-state index in [9.17, 15) is 4.79 Å². The molecule has 1 amide bonds. The summed E-state index contributed by atoms with van der Waals surface area (Å²) in [6, 6.07) is 7.37. The minimum absolute atomic E-state index is 0.0547. The van der Waals surface area contributed by atoms with Crippen LogP contribution in [0.1, 0.15) is 36.8 Å². The number of nitrogens with one attached hydrogen (secondary N) is 1. The van der Waals surface area contributed by atoms with Crippen LogP contribution in [-0.2, 0) is 6.54 Å². The van der Waals surface area contributed by atoms with E-state index in [1.807, 2.05) is 42.0 Å². The Balaban J connectivity index is 1.94. The molecular weight excluding hydrogens is 340 g/mol. The first kappa shape index (κ1) is 18.9. The molecule has 0 radical (unpaired) electrons. The lowest BCUT2D eigenvalue weighted by Crippen LogP contribution is -2.46. The summed E-state index contributed by atoms with van der Waals surface area (Å²) in [5.41, 5.74) is 2.06. The fourth-order valence-electron chi connectivity index (χ4n) is 3.03. The maximum atomic E-state index is 13.2. The number of carbonyl (C=O) groups is 1. The zero-order chi connectivity index (χ0) is 19.6. The average molecular weight is 366 g/mol. The minimum atomic E-state index is -0.110. The van der Waals surface area contributed by atoms with Crippen LogP contribution in [0.5, 0.6) is 5.75 Å². The Kier molecular flexibility index (Phi) is 5.17. The Morgan fingerprint density at radius 1 is 1.30 bits per heavy atom. The molecule has 0 spiro atoms. The van der Waals surface area contributed by atoms with Gasteiger partial charge in [0.25, 0.3) is 5.91 Å². The SMILES string of the molecule is COc1ccc2c(C(=O)NC(Cn3ccnc3)C(C)(C)C)cc(C)nc2c1. The van der Waals surface area contributed by atoms with Crippen molar-refractivity contribution in [1.82, 2.24) is 19.9 Å². The van der Waals surface area contributed by atoms with Crippen molar-refractivity contribution in [2.24, 2.45) is 5.41 Å². The van der Waals surface area contributed by atoms with Crippen molar-refractivity contribution in [2.45, 2.75) is 40.3 Å². The summed E-state index contributed by atoms with van der Waals surface area (Å²) < 4.78 is 7.26. The number of rotatable bonds is 5. The highest BCUT2D eigenvalue weighted by Gasteiger charge is 2.27. The van der Waals surface area contributed by atoms with Crippen LogP contribution in [0.15, 0.2) is 43.0 Å². The zero-order valence-corrected chi connectivity index (χ0v) is 16.5. The number of carbonyl (C=O) groups excluding carboxylic acids is 1. The number of aryl methyl sites for hydroxylation is 1. The van der Waals surface area contributed by atoms with E-state index in [4.69, 9.17) is 4.74 Å². The molecule has 142 valence electrons. The fourth-order valence-corrected chi connectivity index (χ4v) is 3.03. The molecular formula is C21H26N4O2. The lowest BCUT2D eigenvalue weighted by atomic mass is 9.86. The maximum absolute atomic E-state index is 13.2. The first-order chi connectivity index (χ1) is 12.8. The van der Waals surface area contributed by atoms with Crippen molar-refractivity contribution in [2.75, 3.05) is 7.11 Å². The predicted molar refractivity (Wildman–Crippen MR) is 106 cm³/mol. The molecule has 1 aromatic carbocycles. The lowest BCUT2D eigenvalue weighted by molar-refractivity contribution is 0.0894. The van der Waals surface area contributed by atoms with Gasteiger partial charge in [-0.3, -0.25) is 9.78 Å². The number of aromatic nitrogens is 3. The van der Waals surface area contributed by atoms with Crippen molar-refractivity contribution in [3.63, 3.8) is 0 Å². The third-order valence-corrected chi connectivity index (χ3v) is 4.69. The number of pyridine rings is 1. The lowest BCUT2D eigenvalue weighted by Gasteiger charge is -2.32. The molecule has 1 atom stereocenters. The number of nitrogens with zero attached hydrogens (tertiary/aromatic N) is 3. The molecule has 3 rings (SSSR count). The summed E-state index contributed by atoms with van der Waals surface area (Å²) >= 11 is 0. The molecule has 0 aliphatic rings. The number of fused-ring (bicyclic) bond motifs is 1. The standard InChI is InChI=1S/C21H26N4O2/c1-14-10-17(16-7-6-15(27-5)11-18(16)23-14)20(26)24-19(21(2,3)4)12-25-9-8-22-13-25/h6-11,13,19H,12H2,1-5H3,(H,24,26). The van der Waals surface area contributed by atoms with Gasteiger partial charge in [0.15, 0.2) is 0 Å². The van der Waals surface area contributed by atoms with Crippen LogP contribution in [0.25, 0.3) is 10.9 Å². The van der Waals surface area contributed by atoms with E-state index in [2.05, 4.69) is 36.1 Å². The van der Waals surface area contributed by atoms with Crippen LogP contribution in [-0.4, -0.2) is 33.6 Å². The molecule has 0 fully saturated rings. The Labute approximate surface area is 159 Å². The predicted octanol–water partition coefficient (Wildman–Crippen LogP) is 3.59. The molecule has 0 saturated heterocycles. The molecule has 0 bridgehead atoms. The summed E-state index contributed by atoms with van der Waals surface area (Å²) in [7, 11) is 1.62. The molecule has 2 heterocycles. The summed E-state index contributed by atoms with van der Waals surface area (Å²) in [5, 5.41) is 4.03. The van der Waals surface area contributed by atoms with Gasteiger partial charge in [0.05, 0.1) is 30.6 Å². The highest BCUT2D eigenvalue weighted by molar-refractivity contribution is 6.06. The smallest absolute Gasteiger partial charge is 0.252 e. The number of hydrogen-bond donors (Lipinski definition) is 1. The van der Waals surface area contributed by atoms with E-state index >= 15 is 0 Å². The van der Waals surface area contributed by atoms with Gasteiger partial charge in [0.1, 0.15) is 5.75 Å². The van der Waals surface area contributed by atoms with Crippen LogP contribution in [0, 0.1) is 12.3 Å². The van der Waals surface area contributed by atoms with Gasteiger partial charge in [-0.15, -0.1) is 0 Å². The van der Waals surface area contributed by atoms with E-state index in [0.29, 0.717) is 12.1 Å². The highest BCUT2D eigenvalue weighted by Crippen LogP contribution is 2.25. The van der Waals surface area contributed by atoms with Crippen molar-refractivity contribution in [3.8, 4) is 5.75 Å². The van der Waals surface area contributed by atoms with Gasteiger partial charge >= 0.3 is 0 Å². The summed E-state index contributed by atoms with van der Waals surface area (Å²) in [6.45, 7) is 8.91. The molecule has 1 N–H and O–H groups in total. The fraction of sp³-hybridized carbons (Fsp3) is 0.381. The largest absolute Gasteiger partial charge is 0.497 e. The summed E-state index contributed by atoms with van der Waals surface area (Å²) in [5.74, 6) is 0.621. The van der Waals surface area contributed by atoms with Gasteiger partial charge in [-0.1, -0.05) is 20.8 Å². The second kappa shape index (κ2) is 7.39. The number of ether oxygens (including phenoxy) is 1. The third kappa shape index (κ3) is 4.27. The molecule has 0 aliphatic carbocycles. The second-order valence-electron chi connectivity index (χ2n) is 7.85. The van der Waals surface area contributed by atoms with Gasteiger partial charge in [0, 0.05) is 36.1 Å². The monoisotopic (exact) mass is 366 g/mol. The number of benzene rings is 1. The van der Waals surface area contributed by atoms with E-state index in [0.717, 1.165) is 22.3 Å². The second-order valence-corrected chi connectivity index (χ2v) is 7.85. The van der Waals surface area contributed by atoms with Crippen molar-refractivity contribution < 1.29 is 9.53 Å². The summed E-state index contributed by atoms with van der Waals surface area (Å²) in [6.07, 6.45) is 5.42. The molecule has 6 nitrogen and oxygen atoms in total. The Morgan fingerprint density at radius 3 is 2.70 bits per heavy atom. The number of hydrogen-bond acceptors (Lipinski definition) is 4. The number of methoxy groups -OCH3 is 1. The van der Waals surface area contributed by atoms with Gasteiger partial charge in [-0.25, -0.2) is 4.98 Å². The zero-order valence-electron chi connectivity index (χ0n) is 16.5. The van der Waals surface area contributed by atoms with Crippen molar-refractivity contribution >= 4 is 16.8 Å². The number of imidazole rings is 1. The van der Waals surface area contributed by atoms with Crippen LogP contribution in [0.3, 0.4) is 0 Å². The van der Waals surface area contributed by atoms with Crippen LogP contribution >= 0.6 is 0 Å². The average Bonchev–Trinajstić information content (AvgIpc) is 3.12. The topological polar surface area (TPSA) is 69.0 Å². The van der Waals surface area contributed by atoms with Gasteiger partial charge < -0.3 is 14.6 Å². The molecule has 6 heteroatoms. The van der Waals surface area contributed by atoms with Crippen molar-refractivity contribution in [1.29, 1.82) is 0 Å². The van der Waals surface area contributed by atoms with Gasteiger partial charge in [-0.05, 0) is 30.5 Å². The van der Waals surface area contributed by atoms with E-state index < -0.39 is 0 Å².